The number of pyridine rings is 1. The summed E-state index contributed by atoms with van der Waals surface area (Å²) in [4.78, 5) is 42.3. The molecule has 0 amide bonds. The lowest BCUT2D eigenvalue weighted by atomic mass is 10.1. The number of aldehydes is 1. The van der Waals surface area contributed by atoms with Crippen molar-refractivity contribution in [2.45, 2.75) is 70.4 Å². The highest BCUT2D eigenvalue weighted by Crippen LogP contribution is 2.44. The van der Waals surface area contributed by atoms with Crippen LogP contribution < -0.4 is 10.2 Å². The molecular formula is C27H34N8O2S. The Labute approximate surface area is 225 Å². The van der Waals surface area contributed by atoms with E-state index in [0.717, 1.165) is 36.2 Å². The lowest BCUT2D eigenvalue weighted by Gasteiger charge is -2.28. The number of hydrogen-bond donors (Lipinski definition) is 1. The number of nitrogens with zero attached hydrogens (tertiary/aromatic N) is 7. The van der Waals surface area contributed by atoms with Crippen LogP contribution in [-0.2, 0) is 22.1 Å². The molecule has 0 aliphatic heterocycles. The summed E-state index contributed by atoms with van der Waals surface area (Å²) in [5, 5.41) is 3.18. The summed E-state index contributed by atoms with van der Waals surface area (Å²) in [6.45, 7) is 8.29. The standard InChI is InChI=1S/C27H34N8O2S/c1-7-16(2)35(5)27-24(33-22(14-36)29-12-20-10-11-21(13-28-20)38(6)37)18(4)32-26(34-27)23-17(3)30-15-31-25(23)19-8-9-19/h10-11,13-16,19H,7-9,12H2,1-6H3,(H,29,33)/t16-,38?/m0/s1. The zero-order valence-electron chi connectivity index (χ0n) is 22.7. The summed E-state index contributed by atoms with van der Waals surface area (Å²) in [6.07, 6.45) is 8.58. The molecule has 2 atom stereocenters. The molecule has 1 N–H and O–H groups in total. The largest absolute Gasteiger partial charge is 0.355 e. The zero-order valence-corrected chi connectivity index (χ0v) is 23.5. The van der Waals surface area contributed by atoms with Gasteiger partial charge in [0.25, 0.3) is 0 Å². The smallest absolute Gasteiger partial charge is 0.185 e. The monoisotopic (exact) mass is 534 g/mol. The highest BCUT2D eigenvalue weighted by atomic mass is 32.2. The highest BCUT2D eigenvalue weighted by Gasteiger charge is 2.31. The van der Waals surface area contributed by atoms with E-state index in [1.54, 1.807) is 30.9 Å². The molecule has 38 heavy (non-hydrogen) atoms. The molecule has 1 fully saturated rings. The summed E-state index contributed by atoms with van der Waals surface area (Å²) in [5.74, 6) is 1.82. The van der Waals surface area contributed by atoms with Crippen molar-refractivity contribution >= 4 is 34.4 Å². The maximum absolute atomic E-state index is 12.0. The first kappa shape index (κ1) is 27.4. The number of aryl methyl sites for hydroxylation is 2. The number of anilines is 2. The van der Waals surface area contributed by atoms with Crippen LogP contribution in [0.4, 0.5) is 11.5 Å². The van der Waals surface area contributed by atoms with Gasteiger partial charge in [0.15, 0.2) is 23.8 Å². The summed E-state index contributed by atoms with van der Waals surface area (Å²) < 4.78 is 11.6. The van der Waals surface area contributed by atoms with Crippen molar-refractivity contribution < 1.29 is 9.00 Å². The van der Waals surface area contributed by atoms with Gasteiger partial charge >= 0.3 is 0 Å². The van der Waals surface area contributed by atoms with Gasteiger partial charge in [-0.3, -0.25) is 19.0 Å². The highest BCUT2D eigenvalue weighted by molar-refractivity contribution is 7.84. The first-order chi connectivity index (χ1) is 18.2. The molecule has 0 radical (unpaired) electrons. The minimum absolute atomic E-state index is 0.145. The molecule has 3 aromatic heterocycles. The summed E-state index contributed by atoms with van der Waals surface area (Å²) in [7, 11) is 0.884. The van der Waals surface area contributed by atoms with Gasteiger partial charge in [-0.15, -0.1) is 0 Å². The van der Waals surface area contributed by atoms with Crippen molar-refractivity contribution in [1.82, 2.24) is 24.9 Å². The maximum Gasteiger partial charge on any atom is 0.185 e. The molecule has 0 spiro atoms. The van der Waals surface area contributed by atoms with Crippen LogP contribution in [0.1, 0.15) is 61.8 Å². The van der Waals surface area contributed by atoms with Crippen LogP contribution in [0.15, 0.2) is 34.5 Å². The Hall–Kier alpha value is -3.60. The number of carbonyl (C=O) groups excluding carboxylic acids is 1. The third kappa shape index (κ3) is 6.09. The maximum atomic E-state index is 12.0. The predicted octanol–water partition coefficient (Wildman–Crippen LogP) is 4.00. The van der Waals surface area contributed by atoms with Crippen LogP contribution >= 0.6 is 0 Å². The zero-order chi connectivity index (χ0) is 27.4. The topological polar surface area (TPSA) is 126 Å². The van der Waals surface area contributed by atoms with Gasteiger partial charge in [0.2, 0.25) is 0 Å². The average molecular weight is 535 g/mol. The molecule has 1 aliphatic carbocycles. The fourth-order valence-electron chi connectivity index (χ4n) is 4.06. The van der Waals surface area contributed by atoms with E-state index >= 15 is 0 Å². The van der Waals surface area contributed by atoms with E-state index in [4.69, 9.17) is 9.97 Å². The first-order valence-electron chi connectivity index (χ1n) is 12.7. The second-order valence-corrected chi connectivity index (χ2v) is 11.0. The molecule has 200 valence electrons. The predicted molar refractivity (Wildman–Crippen MR) is 150 cm³/mol. The molecule has 1 aliphatic rings. The van der Waals surface area contributed by atoms with Gasteiger partial charge in [-0.05, 0) is 52.2 Å². The van der Waals surface area contributed by atoms with E-state index in [1.807, 2.05) is 20.9 Å². The molecule has 0 saturated heterocycles. The number of rotatable bonds is 10. The number of aromatic nitrogens is 5. The Kier molecular flexibility index (Phi) is 8.55. The van der Waals surface area contributed by atoms with Gasteiger partial charge in [0.05, 0.1) is 50.6 Å². The van der Waals surface area contributed by atoms with Crippen LogP contribution in [0.5, 0.6) is 0 Å². The molecule has 4 rings (SSSR count). The number of carbonyl (C=O) groups is 1. The normalized spacial score (nSPS) is 15.2. The molecule has 1 unspecified atom stereocenters. The van der Waals surface area contributed by atoms with Gasteiger partial charge < -0.3 is 10.2 Å². The minimum Gasteiger partial charge on any atom is -0.355 e. The first-order valence-corrected chi connectivity index (χ1v) is 14.3. The van der Waals surface area contributed by atoms with E-state index in [1.165, 1.54) is 0 Å². The van der Waals surface area contributed by atoms with Crippen molar-refractivity contribution in [3.8, 4) is 11.4 Å². The van der Waals surface area contributed by atoms with E-state index in [-0.39, 0.29) is 18.4 Å². The fourth-order valence-corrected chi connectivity index (χ4v) is 4.52. The minimum atomic E-state index is -1.10. The third-order valence-corrected chi connectivity index (χ3v) is 7.72. The number of amidine groups is 1. The molecule has 10 nitrogen and oxygen atoms in total. The van der Waals surface area contributed by atoms with E-state index in [2.05, 4.69) is 44.0 Å². The van der Waals surface area contributed by atoms with E-state index < -0.39 is 10.8 Å². The second-order valence-electron chi connectivity index (χ2n) is 9.58. The van der Waals surface area contributed by atoms with E-state index in [9.17, 15) is 9.00 Å². The van der Waals surface area contributed by atoms with Gasteiger partial charge in [-0.2, -0.15) is 0 Å². The lowest BCUT2D eigenvalue weighted by molar-refractivity contribution is -0.102. The Balaban J connectivity index is 1.72. The van der Waals surface area contributed by atoms with E-state index in [0.29, 0.717) is 45.8 Å². The number of hydrogen-bond acceptors (Lipinski definition) is 9. The van der Waals surface area contributed by atoms with Crippen molar-refractivity contribution in [1.29, 1.82) is 0 Å². The Morgan fingerprint density at radius 1 is 1.21 bits per heavy atom. The average Bonchev–Trinajstić information content (AvgIpc) is 3.76. The summed E-state index contributed by atoms with van der Waals surface area (Å²) in [5.41, 5.74) is 4.69. The lowest BCUT2D eigenvalue weighted by Crippen LogP contribution is -2.31. The van der Waals surface area contributed by atoms with Gasteiger partial charge in [0, 0.05) is 31.5 Å². The van der Waals surface area contributed by atoms with Gasteiger partial charge in [-0.25, -0.2) is 19.9 Å². The van der Waals surface area contributed by atoms with Crippen LogP contribution in [-0.4, -0.2) is 60.6 Å². The Bertz CT molecular complexity index is 1370. The second kappa shape index (κ2) is 11.8. The summed E-state index contributed by atoms with van der Waals surface area (Å²) >= 11 is 0. The SMILES string of the molecule is CC[C@H](C)N(C)c1nc(-c2c(C)ncnc2C2CC2)nc(C)c1NC(C=O)=NCc1ccc(S(C)=O)cn1. The van der Waals surface area contributed by atoms with Crippen molar-refractivity contribution in [2.24, 2.45) is 4.99 Å². The van der Waals surface area contributed by atoms with Crippen molar-refractivity contribution in [2.75, 3.05) is 23.5 Å². The number of aliphatic imine (C=N–C) groups is 1. The quantitative estimate of drug-likeness (QED) is 0.233. The molecule has 3 aromatic rings. The van der Waals surface area contributed by atoms with Crippen LogP contribution in [0, 0.1) is 13.8 Å². The van der Waals surface area contributed by atoms with Crippen molar-refractivity contribution in [3.05, 3.63) is 47.4 Å². The van der Waals surface area contributed by atoms with Gasteiger partial charge in [0.1, 0.15) is 12.0 Å². The third-order valence-electron chi connectivity index (χ3n) is 6.82. The molecule has 0 bridgehead atoms. The van der Waals surface area contributed by atoms with Crippen molar-refractivity contribution in [3.63, 3.8) is 0 Å². The van der Waals surface area contributed by atoms with Crippen LogP contribution in [0.25, 0.3) is 11.4 Å². The van der Waals surface area contributed by atoms with Crippen LogP contribution in [0.2, 0.25) is 0 Å². The molecule has 3 heterocycles. The summed E-state index contributed by atoms with van der Waals surface area (Å²) in [6, 6.07) is 3.70. The Morgan fingerprint density at radius 3 is 2.58 bits per heavy atom. The molecule has 11 heteroatoms. The fraction of sp³-hybridized carbons (Fsp3) is 0.444. The molecular weight excluding hydrogens is 500 g/mol. The van der Waals surface area contributed by atoms with Gasteiger partial charge in [-0.1, -0.05) is 6.92 Å². The Morgan fingerprint density at radius 2 is 1.97 bits per heavy atom. The molecule has 0 aromatic carbocycles. The van der Waals surface area contributed by atoms with Crippen LogP contribution in [0.3, 0.4) is 0 Å². The molecule has 1 saturated carbocycles. The number of nitrogens with one attached hydrogen (secondary N) is 1.